The van der Waals surface area contributed by atoms with Gasteiger partial charge in [0, 0.05) is 24.4 Å². The van der Waals surface area contributed by atoms with Crippen molar-refractivity contribution in [3.8, 4) is 11.6 Å². The van der Waals surface area contributed by atoms with Crippen LogP contribution >= 0.6 is 0 Å². The first kappa shape index (κ1) is 19.1. The average molecular weight is 373 g/mol. The number of nitrogens with one attached hydrogen (secondary N) is 1. The number of aliphatic hydroxyl groups excluding tert-OH is 2. The molecule has 3 atom stereocenters. The number of carbonyl (C=O) groups is 1. The predicted octanol–water partition coefficient (Wildman–Crippen LogP) is 0.553. The van der Waals surface area contributed by atoms with Gasteiger partial charge in [-0.25, -0.2) is 4.98 Å². The van der Waals surface area contributed by atoms with Crippen molar-refractivity contribution in [2.75, 3.05) is 19.8 Å². The first-order valence-electron chi connectivity index (χ1n) is 8.76. The molecule has 8 heteroatoms. The Bertz CT molecular complexity index is 719. The minimum atomic E-state index is -0.854. The summed E-state index contributed by atoms with van der Waals surface area (Å²) in [7, 11) is 0. The highest BCUT2D eigenvalue weighted by Crippen LogP contribution is 2.38. The number of rotatable bonds is 8. The molecule has 27 heavy (non-hydrogen) atoms. The first-order chi connectivity index (χ1) is 13.1. The topological polar surface area (TPSA) is 114 Å². The van der Waals surface area contributed by atoms with Crippen LogP contribution in [-0.4, -0.2) is 58.1 Å². The quantitative estimate of drug-likeness (QED) is 0.619. The highest BCUT2D eigenvalue weighted by Gasteiger charge is 2.45. The summed E-state index contributed by atoms with van der Waals surface area (Å²) in [4.78, 5) is 20.1. The number of amides is 1. The zero-order valence-electron chi connectivity index (χ0n) is 14.8. The molecule has 1 aliphatic rings. The molecule has 1 aliphatic carbocycles. The molecule has 1 saturated carbocycles. The van der Waals surface area contributed by atoms with E-state index in [4.69, 9.17) is 9.47 Å². The van der Waals surface area contributed by atoms with Crippen molar-refractivity contribution in [2.45, 2.75) is 25.0 Å². The lowest BCUT2D eigenvalue weighted by atomic mass is 9.86. The van der Waals surface area contributed by atoms with Crippen molar-refractivity contribution < 1.29 is 24.5 Å². The van der Waals surface area contributed by atoms with Gasteiger partial charge in [0.15, 0.2) is 6.61 Å². The van der Waals surface area contributed by atoms with Crippen molar-refractivity contribution >= 4 is 5.91 Å². The third kappa shape index (κ3) is 5.38. The van der Waals surface area contributed by atoms with Crippen LogP contribution in [0.5, 0.6) is 11.6 Å². The normalized spacial score (nSPS) is 24.4. The molecule has 1 heterocycles. The summed E-state index contributed by atoms with van der Waals surface area (Å²) in [6.07, 6.45) is 3.47. The fraction of sp³-hybridized carbons (Fsp3) is 0.421. The van der Waals surface area contributed by atoms with Crippen molar-refractivity contribution in [1.82, 2.24) is 15.3 Å². The molecule has 8 nitrogen and oxygen atoms in total. The van der Waals surface area contributed by atoms with Crippen LogP contribution in [0.2, 0.25) is 0 Å². The number of benzene rings is 1. The van der Waals surface area contributed by atoms with Gasteiger partial charge in [0.2, 0.25) is 5.88 Å². The monoisotopic (exact) mass is 373 g/mol. The molecular formula is C19H23N3O5. The van der Waals surface area contributed by atoms with E-state index >= 15 is 0 Å². The standard InChI is InChI=1S/C19H23N3O5/c23-15-8-19(9-16(15)24,13-27-18-10-20-6-7-21-18)12-22-17(25)11-26-14-4-2-1-3-5-14/h1-7,10,15-16,23-24H,8-9,11-13H2,(H,22,25)/t15-,16+,19?. The molecule has 1 aromatic heterocycles. The van der Waals surface area contributed by atoms with Crippen LogP contribution in [0.15, 0.2) is 48.9 Å². The third-order valence-corrected chi connectivity index (χ3v) is 4.57. The molecule has 0 aliphatic heterocycles. The van der Waals surface area contributed by atoms with Gasteiger partial charge in [0.05, 0.1) is 25.0 Å². The Labute approximate surface area is 157 Å². The largest absolute Gasteiger partial charge is 0.484 e. The maximum absolute atomic E-state index is 12.1. The Morgan fingerprint density at radius 2 is 1.89 bits per heavy atom. The van der Waals surface area contributed by atoms with E-state index in [1.165, 1.54) is 12.4 Å². The molecule has 1 amide bonds. The summed E-state index contributed by atoms with van der Waals surface area (Å²) >= 11 is 0. The van der Waals surface area contributed by atoms with Gasteiger partial charge in [-0.2, -0.15) is 0 Å². The van der Waals surface area contributed by atoms with Gasteiger partial charge in [-0.1, -0.05) is 18.2 Å². The van der Waals surface area contributed by atoms with Crippen LogP contribution < -0.4 is 14.8 Å². The second-order valence-corrected chi connectivity index (χ2v) is 6.75. The van der Waals surface area contributed by atoms with E-state index in [2.05, 4.69) is 15.3 Å². The van der Waals surface area contributed by atoms with E-state index in [-0.39, 0.29) is 25.7 Å². The van der Waals surface area contributed by atoms with Gasteiger partial charge in [0.25, 0.3) is 5.91 Å². The molecule has 2 aromatic rings. The molecule has 3 rings (SSSR count). The third-order valence-electron chi connectivity index (χ3n) is 4.57. The number of ether oxygens (including phenoxy) is 2. The fourth-order valence-electron chi connectivity index (χ4n) is 3.15. The van der Waals surface area contributed by atoms with E-state index in [1.807, 2.05) is 18.2 Å². The molecule has 0 radical (unpaired) electrons. The van der Waals surface area contributed by atoms with E-state index in [0.29, 0.717) is 24.5 Å². The van der Waals surface area contributed by atoms with Crippen LogP contribution in [0.25, 0.3) is 0 Å². The van der Waals surface area contributed by atoms with Crippen LogP contribution in [0.1, 0.15) is 12.8 Å². The number of aliphatic hydroxyl groups is 2. The fourth-order valence-corrected chi connectivity index (χ4v) is 3.15. The molecule has 144 valence electrons. The summed E-state index contributed by atoms with van der Waals surface area (Å²) < 4.78 is 11.1. The maximum atomic E-state index is 12.1. The lowest BCUT2D eigenvalue weighted by Crippen LogP contribution is -2.42. The van der Waals surface area contributed by atoms with Gasteiger partial charge in [-0.15, -0.1) is 0 Å². The van der Waals surface area contributed by atoms with Crippen molar-refractivity contribution in [2.24, 2.45) is 5.41 Å². The first-order valence-corrected chi connectivity index (χ1v) is 8.76. The highest BCUT2D eigenvalue weighted by atomic mass is 16.5. The number of carbonyl (C=O) groups excluding carboxylic acids is 1. The molecule has 3 N–H and O–H groups in total. The number of aromatic nitrogens is 2. The van der Waals surface area contributed by atoms with Gasteiger partial charge < -0.3 is 25.0 Å². The summed E-state index contributed by atoms with van der Waals surface area (Å²) in [6, 6.07) is 9.06. The van der Waals surface area contributed by atoms with E-state index in [1.54, 1.807) is 18.3 Å². The van der Waals surface area contributed by atoms with Crippen LogP contribution in [-0.2, 0) is 4.79 Å². The maximum Gasteiger partial charge on any atom is 0.257 e. The average Bonchev–Trinajstić information content (AvgIpc) is 2.99. The minimum absolute atomic E-state index is 0.115. The van der Waals surface area contributed by atoms with E-state index in [9.17, 15) is 15.0 Å². The Kier molecular flexibility index (Phi) is 6.20. The molecule has 0 bridgehead atoms. The smallest absolute Gasteiger partial charge is 0.257 e. The SMILES string of the molecule is O=C(COc1ccccc1)NCC1(COc2cnccn2)C[C@@H](O)[C@@H](O)C1. The second kappa shape index (κ2) is 8.79. The van der Waals surface area contributed by atoms with Crippen molar-refractivity contribution in [3.63, 3.8) is 0 Å². The van der Waals surface area contributed by atoms with Gasteiger partial charge >= 0.3 is 0 Å². The lowest BCUT2D eigenvalue weighted by Gasteiger charge is -2.28. The summed E-state index contributed by atoms with van der Waals surface area (Å²) in [6.45, 7) is 0.328. The summed E-state index contributed by atoms with van der Waals surface area (Å²) in [5.41, 5.74) is -0.598. The molecule has 1 fully saturated rings. The van der Waals surface area contributed by atoms with E-state index < -0.39 is 17.6 Å². The minimum Gasteiger partial charge on any atom is -0.484 e. The second-order valence-electron chi connectivity index (χ2n) is 6.75. The van der Waals surface area contributed by atoms with Crippen LogP contribution in [0, 0.1) is 5.41 Å². The molecular weight excluding hydrogens is 350 g/mol. The molecule has 1 aromatic carbocycles. The van der Waals surface area contributed by atoms with Crippen molar-refractivity contribution in [1.29, 1.82) is 0 Å². The summed E-state index contributed by atoms with van der Waals surface area (Å²) in [5, 5.41) is 22.8. The van der Waals surface area contributed by atoms with Crippen LogP contribution in [0.4, 0.5) is 0 Å². The summed E-state index contributed by atoms with van der Waals surface area (Å²) in [5.74, 6) is 0.681. The predicted molar refractivity (Wildman–Crippen MR) is 96.2 cm³/mol. The van der Waals surface area contributed by atoms with Gasteiger partial charge in [-0.3, -0.25) is 9.78 Å². The zero-order chi connectivity index (χ0) is 19.1. The Hall–Kier alpha value is -2.71. The lowest BCUT2D eigenvalue weighted by molar-refractivity contribution is -0.123. The van der Waals surface area contributed by atoms with Gasteiger partial charge in [0.1, 0.15) is 5.75 Å². The van der Waals surface area contributed by atoms with E-state index in [0.717, 1.165) is 0 Å². The molecule has 1 unspecified atom stereocenters. The Morgan fingerprint density at radius 1 is 1.15 bits per heavy atom. The van der Waals surface area contributed by atoms with Crippen molar-refractivity contribution in [3.05, 3.63) is 48.9 Å². The Morgan fingerprint density at radius 3 is 2.56 bits per heavy atom. The number of nitrogens with zero attached hydrogens (tertiary/aromatic N) is 2. The molecule has 0 spiro atoms. The van der Waals surface area contributed by atoms with Crippen LogP contribution in [0.3, 0.4) is 0 Å². The van der Waals surface area contributed by atoms with Gasteiger partial charge in [-0.05, 0) is 25.0 Å². The number of hydrogen-bond acceptors (Lipinski definition) is 7. The Balaban J connectivity index is 1.54. The molecule has 0 saturated heterocycles. The zero-order valence-corrected chi connectivity index (χ0v) is 14.8. The highest BCUT2D eigenvalue weighted by molar-refractivity contribution is 5.77. The number of para-hydroxylation sites is 1. The number of hydrogen-bond donors (Lipinski definition) is 3.